The van der Waals surface area contributed by atoms with Crippen molar-refractivity contribution in [2.24, 2.45) is 0 Å². The Bertz CT molecular complexity index is 896. The molecule has 29 heavy (non-hydrogen) atoms. The van der Waals surface area contributed by atoms with E-state index in [0.717, 1.165) is 35.1 Å². The summed E-state index contributed by atoms with van der Waals surface area (Å²) < 4.78 is 5.04. The quantitative estimate of drug-likeness (QED) is 0.698. The smallest absolute Gasteiger partial charge is 0.341 e. The summed E-state index contributed by atoms with van der Waals surface area (Å²) in [6.07, 6.45) is 3.43. The van der Waals surface area contributed by atoms with Crippen LogP contribution in [0.4, 0.5) is 5.00 Å². The number of likely N-dealkylation sites (tertiary alicyclic amines) is 1. The van der Waals surface area contributed by atoms with Gasteiger partial charge < -0.3 is 10.1 Å². The van der Waals surface area contributed by atoms with Gasteiger partial charge in [0.1, 0.15) is 10.6 Å². The Hall–Kier alpha value is -2.18. The molecule has 2 unspecified atom stereocenters. The number of hydrogen-bond donors (Lipinski definition) is 1. The predicted molar refractivity (Wildman–Crippen MR) is 119 cm³/mol. The van der Waals surface area contributed by atoms with Crippen LogP contribution < -0.4 is 5.32 Å². The number of rotatable bonds is 5. The molecule has 2 heterocycles. The van der Waals surface area contributed by atoms with Crippen molar-refractivity contribution in [3.63, 3.8) is 0 Å². The summed E-state index contributed by atoms with van der Waals surface area (Å²) in [7, 11) is 1.37. The van der Waals surface area contributed by atoms with Gasteiger partial charge >= 0.3 is 5.97 Å². The topological polar surface area (TPSA) is 58.6 Å². The summed E-state index contributed by atoms with van der Waals surface area (Å²) in [5.41, 5.74) is 4.41. The Morgan fingerprint density at radius 3 is 2.52 bits per heavy atom. The van der Waals surface area contributed by atoms with Crippen LogP contribution in [0.25, 0.3) is 11.1 Å². The number of aryl methyl sites for hydroxylation is 2. The summed E-state index contributed by atoms with van der Waals surface area (Å²) in [5.74, 6) is -0.526. The second-order valence-electron chi connectivity index (χ2n) is 8.01. The molecule has 0 radical (unpaired) electrons. The van der Waals surface area contributed by atoms with Gasteiger partial charge in [0.25, 0.3) is 0 Å². The first-order valence-corrected chi connectivity index (χ1v) is 11.0. The Labute approximate surface area is 177 Å². The minimum atomic E-state index is -0.433. The van der Waals surface area contributed by atoms with Crippen LogP contribution in [0.3, 0.4) is 0 Å². The van der Waals surface area contributed by atoms with Crippen molar-refractivity contribution in [1.82, 2.24) is 4.90 Å². The third-order valence-electron chi connectivity index (χ3n) is 5.82. The first kappa shape index (κ1) is 21.5. The minimum Gasteiger partial charge on any atom is -0.465 e. The van der Waals surface area contributed by atoms with E-state index in [0.29, 0.717) is 29.2 Å². The molecule has 1 saturated heterocycles. The maximum atomic E-state index is 12.8. The lowest BCUT2D eigenvalue weighted by molar-refractivity contribution is -0.118. The van der Waals surface area contributed by atoms with E-state index in [1.165, 1.54) is 24.9 Å². The van der Waals surface area contributed by atoms with E-state index in [4.69, 9.17) is 4.74 Å². The summed E-state index contributed by atoms with van der Waals surface area (Å²) in [6.45, 7) is 8.72. The average Bonchev–Trinajstić information content (AvgIpc) is 3.09. The van der Waals surface area contributed by atoms with E-state index in [1.807, 2.05) is 31.4 Å². The molecule has 1 aromatic carbocycles. The molecule has 1 aliphatic heterocycles. The molecule has 5 nitrogen and oxygen atoms in total. The average molecular weight is 415 g/mol. The molecular weight excluding hydrogens is 384 g/mol. The summed E-state index contributed by atoms with van der Waals surface area (Å²) in [4.78, 5) is 27.6. The van der Waals surface area contributed by atoms with Crippen LogP contribution in [0.1, 0.15) is 54.6 Å². The van der Waals surface area contributed by atoms with Crippen LogP contribution in [0.5, 0.6) is 0 Å². The zero-order valence-electron chi connectivity index (χ0n) is 17.9. The van der Waals surface area contributed by atoms with Gasteiger partial charge in [0, 0.05) is 23.0 Å². The molecule has 156 valence electrons. The lowest BCUT2D eigenvalue weighted by Gasteiger charge is -2.38. The zero-order chi connectivity index (χ0) is 21.1. The molecule has 1 fully saturated rings. The number of piperidine rings is 1. The summed E-state index contributed by atoms with van der Waals surface area (Å²) in [6, 6.07) is 6.93. The molecule has 0 spiro atoms. The van der Waals surface area contributed by atoms with Crippen molar-refractivity contribution in [3.05, 3.63) is 40.3 Å². The number of benzene rings is 1. The number of carbonyl (C=O) groups is 2. The van der Waals surface area contributed by atoms with Crippen molar-refractivity contribution in [2.75, 3.05) is 19.0 Å². The Kier molecular flexibility index (Phi) is 6.75. The van der Waals surface area contributed by atoms with Crippen LogP contribution in [0, 0.1) is 13.8 Å². The van der Waals surface area contributed by atoms with Crippen LogP contribution in [0.15, 0.2) is 23.6 Å². The van der Waals surface area contributed by atoms with Gasteiger partial charge in [-0.2, -0.15) is 0 Å². The van der Waals surface area contributed by atoms with Gasteiger partial charge in [0.15, 0.2) is 0 Å². The number of carbonyl (C=O) groups excluding carboxylic acids is 2. The highest BCUT2D eigenvalue weighted by Gasteiger charge is 2.28. The second-order valence-corrected chi connectivity index (χ2v) is 8.89. The number of amides is 1. The molecule has 0 bridgehead atoms. The largest absolute Gasteiger partial charge is 0.465 e. The van der Waals surface area contributed by atoms with E-state index >= 15 is 0 Å². The van der Waals surface area contributed by atoms with Crippen molar-refractivity contribution >= 4 is 28.2 Å². The first-order valence-electron chi connectivity index (χ1n) is 10.1. The molecule has 0 saturated carbocycles. The van der Waals surface area contributed by atoms with Gasteiger partial charge in [-0.1, -0.05) is 30.2 Å². The number of nitrogens with one attached hydrogen (secondary N) is 1. The van der Waals surface area contributed by atoms with E-state index in [2.05, 4.69) is 30.1 Å². The van der Waals surface area contributed by atoms with Crippen LogP contribution in [-0.4, -0.2) is 42.5 Å². The maximum absolute atomic E-state index is 12.8. The number of anilines is 1. The number of ether oxygens (including phenoxy) is 1. The molecule has 2 aromatic rings. The fourth-order valence-electron chi connectivity index (χ4n) is 4.10. The normalized spacial score (nSPS) is 19.8. The highest BCUT2D eigenvalue weighted by atomic mass is 32.1. The zero-order valence-corrected chi connectivity index (χ0v) is 18.7. The monoisotopic (exact) mass is 414 g/mol. The molecule has 6 heteroatoms. The number of nitrogens with zero attached hydrogens (tertiary/aromatic N) is 1. The highest BCUT2D eigenvalue weighted by Crippen LogP contribution is 2.38. The molecule has 3 rings (SSSR count). The standard InChI is InChI=1S/C23H30N2O3S/c1-14-9-10-15(2)18(11-14)19-13-29-22(21(19)23(27)28-5)24-20(26)12-25-16(3)7-6-8-17(25)4/h9-11,13,16-17H,6-8,12H2,1-5H3,(H,24,26). The van der Waals surface area contributed by atoms with Crippen molar-refractivity contribution in [1.29, 1.82) is 0 Å². The van der Waals surface area contributed by atoms with Gasteiger partial charge in [-0.15, -0.1) is 11.3 Å². The van der Waals surface area contributed by atoms with Gasteiger partial charge in [0.05, 0.1) is 13.7 Å². The van der Waals surface area contributed by atoms with E-state index in [9.17, 15) is 9.59 Å². The summed E-state index contributed by atoms with van der Waals surface area (Å²) >= 11 is 1.37. The van der Waals surface area contributed by atoms with Crippen molar-refractivity contribution in [3.8, 4) is 11.1 Å². The molecule has 1 amide bonds. The number of esters is 1. The van der Waals surface area contributed by atoms with Gasteiger partial charge in [-0.25, -0.2) is 4.79 Å². The van der Waals surface area contributed by atoms with E-state index in [1.54, 1.807) is 0 Å². The Morgan fingerprint density at radius 1 is 1.17 bits per heavy atom. The maximum Gasteiger partial charge on any atom is 0.341 e. The molecule has 1 aromatic heterocycles. The fourth-order valence-corrected chi connectivity index (χ4v) is 5.06. The number of hydrogen-bond acceptors (Lipinski definition) is 5. The van der Waals surface area contributed by atoms with Gasteiger partial charge in [-0.05, 0) is 51.7 Å². The van der Waals surface area contributed by atoms with Crippen molar-refractivity contribution in [2.45, 2.75) is 59.0 Å². The lowest BCUT2D eigenvalue weighted by atomic mass is 9.97. The highest BCUT2D eigenvalue weighted by molar-refractivity contribution is 7.15. The number of methoxy groups -OCH3 is 1. The third-order valence-corrected chi connectivity index (χ3v) is 6.71. The van der Waals surface area contributed by atoms with Crippen LogP contribution in [0.2, 0.25) is 0 Å². The van der Waals surface area contributed by atoms with E-state index in [-0.39, 0.29) is 5.91 Å². The molecular formula is C23H30N2O3S. The van der Waals surface area contributed by atoms with Gasteiger partial charge in [-0.3, -0.25) is 9.69 Å². The van der Waals surface area contributed by atoms with Crippen LogP contribution in [-0.2, 0) is 9.53 Å². The lowest BCUT2D eigenvalue weighted by Crippen LogP contribution is -2.47. The van der Waals surface area contributed by atoms with Crippen molar-refractivity contribution < 1.29 is 14.3 Å². The fraction of sp³-hybridized carbons (Fsp3) is 0.478. The van der Waals surface area contributed by atoms with E-state index < -0.39 is 5.97 Å². The Morgan fingerprint density at radius 2 is 1.86 bits per heavy atom. The second kappa shape index (κ2) is 9.09. The Balaban J connectivity index is 1.88. The molecule has 1 aliphatic rings. The SMILES string of the molecule is COC(=O)c1c(-c2cc(C)ccc2C)csc1NC(=O)CN1C(C)CCCC1C. The summed E-state index contributed by atoms with van der Waals surface area (Å²) in [5, 5.41) is 5.45. The third kappa shape index (κ3) is 4.70. The predicted octanol–water partition coefficient (Wildman–Crippen LogP) is 5.02. The number of thiophene rings is 1. The molecule has 0 aliphatic carbocycles. The first-order chi connectivity index (χ1) is 13.8. The molecule has 1 N–H and O–H groups in total. The van der Waals surface area contributed by atoms with Gasteiger partial charge in [0.2, 0.25) is 5.91 Å². The molecule has 2 atom stereocenters. The minimum absolute atomic E-state index is 0.0925. The van der Waals surface area contributed by atoms with Crippen LogP contribution >= 0.6 is 11.3 Å².